The van der Waals surface area contributed by atoms with E-state index < -0.39 is 0 Å². The van der Waals surface area contributed by atoms with Crippen LogP contribution in [-0.2, 0) is 6.54 Å². The number of rotatable bonds is 3. The average Bonchev–Trinajstić information content (AvgIpc) is 2.45. The lowest BCUT2D eigenvalue weighted by Gasteiger charge is -2.04. The SMILES string of the molecule is Cc1cc(C)c[n+](CC(=O)c2cccc3ccccc23)c1. The molecular weight excluding hydrogens is 258 g/mol. The third kappa shape index (κ3) is 2.84. The number of fused-ring (bicyclic) bond motifs is 1. The molecule has 0 amide bonds. The Kier molecular flexibility index (Phi) is 3.53. The Labute approximate surface area is 124 Å². The molecule has 0 radical (unpaired) electrons. The minimum atomic E-state index is 0.141. The van der Waals surface area contributed by atoms with Crippen molar-refractivity contribution in [2.45, 2.75) is 20.4 Å². The van der Waals surface area contributed by atoms with Gasteiger partial charge < -0.3 is 0 Å². The van der Waals surface area contributed by atoms with E-state index >= 15 is 0 Å². The van der Waals surface area contributed by atoms with Gasteiger partial charge in [-0.05, 0) is 30.7 Å². The molecule has 0 saturated carbocycles. The number of Topliss-reactive ketones (excluding diaryl/α,β-unsaturated/α-hetero) is 1. The van der Waals surface area contributed by atoms with Crippen LogP contribution in [0.3, 0.4) is 0 Å². The maximum atomic E-state index is 12.6. The minimum Gasteiger partial charge on any atom is -0.287 e. The van der Waals surface area contributed by atoms with Crippen molar-refractivity contribution in [1.29, 1.82) is 0 Å². The van der Waals surface area contributed by atoms with Crippen LogP contribution < -0.4 is 4.57 Å². The molecule has 0 bridgehead atoms. The fraction of sp³-hybridized carbons (Fsp3) is 0.158. The van der Waals surface area contributed by atoms with Gasteiger partial charge in [-0.1, -0.05) is 42.5 Å². The van der Waals surface area contributed by atoms with Crippen molar-refractivity contribution in [3.8, 4) is 0 Å². The zero-order valence-corrected chi connectivity index (χ0v) is 12.3. The number of aryl methyl sites for hydroxylation is 2. The molecule has 0 fully saturated rings. The molecule has 2 heteroatoms. The molecule has 0 N–H and O–H groups in total. The van der Waals surface area contributed by atoms with Gasteiger partial charge in [-0.15, -0.1) is 0 Å². The van der Waals surface area contributed by atoms with Crippen molar-refractivity contribution < 1.29 is 9.36 Å². The van der Waals surface area contributed by atoms with Gasteiger partial charge in [0, 0.05) is 16.7 Å². The van der Waals surface area contributed by atoms with E-state index in [9.17, 15) is 4.79 Å². The smallest absolute Gasteiger partial charge is 0.228 e. The number of benzene rings is 2. The summed E-state index contributed by atoms with van der Waals surface area (Å²) < 4.78 is 1.97. The number of nitrogens with zero attached hydrogens (tertiary/aromatic N) is 1. The van der Waals surface area contributed by atoms with Crippen molar-refractivity contribution in [1.82, 2.24) is 0 Å². The molecule has 0 saturated heterocycles. The van der Waals surface area contributed by atoms with Gasteiger partial charge in [0.15, 0.2) is 12.4 Å². The van der Waals surface area contributed by atoms with Crippen LogP contribution in [0, 0.1) is 13.8 Å². The summed E-state index contributed by atoms with van der Waals surface area (Å²) in [7, 11) is 0. The van der Waals surface area contributed by atoms with Crippen LogP contribution in [0.2, 0.25) is 0 Å². The summed E-state index contributed by atoms with van der Waals surface area (Å²) in [6, 6.07) is 16.0. The zero-order chi connectivity index (χ0) is 14.8. The van der Waals surface area contributed by atoms with Crippen LogP contribution in [0.5, 0.6) is 0 Å². The van der Waals surface area contributed by atoms with Gasteiger partial charge >= 0.3 is 0 Å². The van der Waals surface area contributed by atoms with E-state index in [2.05, 4.69) is 6.07 Å². The highest BCUT2D eigenvalue weighted by molar-refractivity contribution is 6.07. The Hall–Kier alpha value is -2.48. The van der Waals surface area contributed by atoms with Gasteiger partial charge in [0.05, 0.1) is 0 Å². The highest BCUT2D eigenvalue weighted by atomic mass is 16.1. The van der Waals surface area contributed by atoms with Crippen molar-refractivity contribution >= 4 is 16.6 Å². The van der Waals surface area contributed by atoms with Crippen LogP contribution in [0.1, 0.15) is 21.5 Å². The molecule has 0 spiro atoms. The van der Waals surface area contributed by atoms with E-state index in [1.54, 1.807) is 0 Å². The van der Waals surface area contributed by atoms with Crippen LogP contribution in [0.25, 0.3) is 10.8 Å². The molecular formula is C19H18NO+. The fourth-order valence-corrected chi connectivity index (χ4v) is 2.80. The van der Waals surface area contributed by atoms with Crippen molar-refractivity contribution in [2.75, 3.05) is 0 Å². The summed E-state index contributed by atoms with van der Waals surface area (Å²) in [6.45, 7) is 4.47. The highest BCUT2D eigenvalue weighted by Crippen LogP contribution is 2.18. The summed E-state index contributed by atoms with van der Waals surface area (Å²) in [4.78, 5) is 12.6. The van der Waals surface area contributed by atoms with E-state index in [-0.39, 0.29) is 5.78 Å². The van der Waals surface area contributed by atoms with E-state index in [1.165, 1.54) is 11.1 Å². The van der Waals surface area contributed by atoms with Gasteiger partial charge in [0.2, 0.25) is 12.3 Å². The van der Waals surface area contributed by atoms with E-state index in [4.69, 9.17) is 0 Å². The summed E-state index contributed by atoms with van der Waals surface area (Å²) in [5, 5.41) is 2.13. The minimum absolute atomic E-state index is 0.141. The standard InChI is InChI=1S/C19H18NO/c1-14-10-15(2)12-20(11-14)13-19(21)18-9-5-7-16-6-3-4-8-17(16)18/h3-12H,13H2,1-2H3/q+1. The largest absolute Gasteiger partial charge is 0.287 e. The molecule has 0 aliphatic carbocycles. The third-order valence-electron chi connectivity index (χ3n) is 3.61. The van der Waals surface area contributed by atoms with Crippen molar-refractivity contribution in [3.05, 3.63) is 77.6 Å². The topological polar surface area (TPSA) is 20.9 Å². The van der Waals surface area contributed by atoms with Gasteiger partial charge in [-0.3, -0.25) is 4.79 Å². The first-order valence-electron chi connectivity index (χ1n) is 7.12. The Morgan fingerprint density at radius 3 is 2.38 bits per heavy atom. The number of pyridine rings is 1. The normalized spacial score (nSPS) is 10.8. The second kappa shape index (κ2) is 5.49. The number of ketones is 1. The van der Waals surface area contributed by atoms with Crippen LogP contribution in [0.15, 0.2) is 60.9 Å². The van der Waals surface area contributed by atoms with Crippen LogP contribution >= 0.6 is 0 Å². The van der Waals surface area contributed by atoms with Gasteiger partial charge in [0.25, 0.3) is 0 Å². The molecule has 0 unspecified atom stereocenters. The summed E-state index contributed by atoms with van der Waals surface area (Å²) in [6.07, 6.45) is 4.02. The molecule has 104 valence electrons. The number of hydrogen-bond donors (Lipinski definition) is 0. The van der Waals surface area contributed by atoms with Crippen molar-refractivity contribution in [3.63, 3.8) is 0 Å². The predicted octanol–water partition coefficient (Wildman–Crippen LogP) is 3.63. The molecule has 0 aliphatic heterocycles. The Bertz CT molecular complexity index is 795. The van der Waals surface area contributed by atoms with Crippen LogP contribution in [0.4, 0.5) is 0 Å². The maximum absolute atomic E-state index is 12.6. The molecule has 3 aromatic rings. The molecule has 1 heterocycles. The summed E-state index contributed by atoms with van der Waals surface area (Å²) in [5.41, 5.74) is 3.13. The summed E-state index contributed by atoms with van der Waals surface area (Å²) >= 11 is 0. The third-order valence-corrected chi connectivity index (χ3v) is 3.61. The predicted molar refractivity (Wildman–Crippen MR) is 84.4 cm³/mol. The first-order chi connectivity index (χ1) is 10.1. The second-order valence-electron chi connectivity index (χ2n) is 5.51. The fourth-order valence-electron chi connectivity index (χ4n) is 2.80. The lowest BCUT2D eigenvalue weighted by molar-refractivity contribution is -0.683. The number of hydrogen-bond acceptors (Lipinski definition) is 1. The highest BCUT2D eigenvalue weighted by Gasteiger charge is 2.15. The Balaban J connectivity index is 1.97. The maximum Gasteiger partial charge on any atom is 0.228 e. The Morgan fingerprint density at radius 2 is 1.62 bits per heavy atom. The zero-order valence-electron chi connectivity index (χ0n) is 12.3. The van der Waals surface area contributed by atoms with E-state index in [0.717, 1.165) is 16.3 Å². The average molecular weight is 276 g/mol. The molecule has 3 rings (SSSR count). The quantitative estimate of drug-likeness (QED) is 0.528. The van der Waals surface area contributed by atoms with E-state index in [0.29, 0.717) is 6.54 Å². The molecule has 0 aliphatic rings. The monoisotopic (exact) mass is 276 g/mol. The first-order valence-corrected chi connectivity index (χ1v) is 7.12. The van der Waals surface area contributed by atoms with Crippen molar-refractivity contribution in [2.24, 2.45) is 0 Å². The van der Waals surface area contributed by atoms with Gasteiger partial charge in [-0.2, -0.15) is 4.57 Å². The molecule has 2 nitrogen and oxygen atoms in total. The lowest BCUT2D eigenvalue weighted by Crippen LogP contribution is -2.38. The molecule has 0 atom stereocenters. The number of carbonyl (C=O) groups is 1. The van der Waals surface area contributed by atoms with Gasteiger partial charge in [-0.25, -0.2) is 0 Å². The number of aromatic nitrogens is 1. The van der Waals surface area contributed by atoms with Gasteiger partial charge in [0.1, 0.15) is 0 Å². The first kappa shape index (κ1) is 13.5. The Morgan fingerprint density at radius 1 is 0.952 bits per heavy atom. The number of carbonyl (C=O) groups excluding carboxylic acids is 1. The molecule has 1 aromatic heterocycles. The second-order valence-corrected chi connectivity index (χ2v) is 5.51. The van der Waals surface area contributed by atoms with E-state index in [1.807, 2.05) is 73.3 Å². The lowest BCUT2D eigenvalue weighted by atomic mass is 10.0. The van der Waals surface area contributed by atoms with Crippen LogP contribution in [-0.4, -0.2) is 5.78 Å². The molecule has 2 aromatic carbocycles. The molecule has 21 heavy (non-hydrogen) atoms. The summed E-state index contributed by atoms with van der Waals surface area (Å²) in [5.74, 6) is 0.141.